The maximum atomic E-state index is 11.7. The second kappa shape index (κ2) is 6.69. The Hall–Kier alpha value is -2.27. The largest absolute Gasteiger partial charge is 0.389 e. The molecule has 0 saturated heterocycles. The van der Waals surface area contributed by atoms with E-state index in [0.29, 0.717) is 23.6 Å². The van der Waals surface area contributed by atoms with E-state index in [2.05, 4.69) is 9.97 Å². The van der Waals surface area contributed by atoms with Crippen LogP contribution in [0.2, 0.25) is 0 Å². The first-order valence-electron chi connectivity index (χ1n) is 8.35. The van der Waals surface area contributed by atoms with Gasteiger partial charge in [0.15, 0.2) is 0 Å². The van der Waals surface area contributed by atoms with Crippen LogP contribution in [0.1, 0.15) is 47.1 Å². The molecule has 2 heterocycles. The standard InChI is InChI=1S/C19H23N3O2/c1-19(24,14-5-6-14)11-17-16(18(20)23)9-8-15(22-17)7-4-13-3-2-10-21-12-13/h2-3,8-10,12,14,24H,4-7,11H2,1H3,(H2,20,23)/t19-/m1/s1. The molecule has 0 aromatic carbocycles. The Bertz CT molecular complexity index is 725. The first-order chi connectivity index (χ1) is 11.5. The van der Waals surface area contributed by atoms with Crippen molar-refractivity contribution in [2.24, 2.45) is 11.7 Å². The maximum Gasteiger partial charge on any atom is 0.250 e. The molecule has 2 aromatic heterocycles. The number of hydrogen-bond acceptors (Lipinski definition) is 4. The van der Waals surface area contributed by atoms with Crippen molar-refractivity contribution in [3.63, 3.8) is 0 Å². The molecule has 126 valence electrons. The van der Waals surface area contributed by atoms with Gasteiger partial charge in [-0.3, -0.25) is 14.8 Å². The molecule has 0 bridgehead atoms. The quantitative estimate of drug-likeness (QED) is 0.815. The summed E-state index contributed by atoms with van der Waals surface area (Å²) in [7, 11) is 0. The summed E-state index contributed by atoms with van der Waals surface area (Å²) in [5.74, 6) is -0.206. The van der Waals surface area contributed by atoms with Gasteiger partial charge in [0.25, 0.3) is 5.91 Å². The number of nitrogens with zero attached hydrogens (tertiary/aromatic N) is 2. The van der Waals surface area contributed by atoms with Crippen LogP contribution in [-0.4, -0.2) is 26.6 Å². The summed E-state index contributed by atoms with van der Waals surface area (Å²) >= 11 is 0. The Morgan fingerprint density at radius 1 is 1.33 bits per heavy atom. The van der Waals surface area contributed by atoms with Crippen LogP contribution in [0.15, 0.2) is 36.7 Å². The predicted molar refractivity (Wildman–Crippen MR) is 91.5 cm³/mol. The molecular weight excluding hydrogens is 302 g/mol. The number of pyridine rings is 2. The van der Waals surface area contributed by atoms with Gasteiger partial charge in [0.1, 0.15) is 0 Å². The highest BCUT2D eigenvalue weighted by Crippen LogP contribution is 2.41. The molecule has 0 unspecified atom stereocenters. The van der Waals surface area contributed by atoms with Crippen LogP contribution in [0.25, 0.3) is 0 Å². The average Bonchev–Trinajstić information content (AvgIpc) is 3.39. The van der Waals surface area contributed by atoms with Crippen LogP contribution in [-0.2, 0) is 19.3 Å². The Morgan fingerprint density at radius 3 is 2.75 bits per heavy atom. The molecule has 2 aromatic rings. The highest BCUT2D eigenvalue weighted by atomic mass is 16.3. The second-order valence-electron chi connectivity index (χ2n) is 6.83. The lowest BCUT2D eigenvalue weighted by Crippen LogP contribution is -2.32. The van der Waals surface area contributed by atoms with Crippen LogP contribution >= 0.6 is 0 Å². The fraction of sp³-hybridized carbons (Fsp3) is 0.421. The Kier molecular flexibility index (Phi) is 4.62. The van der Waals surface area contributed by atoms with E-state index in [1.807, 2.05) is 31.3 Å². The number of carbonyl (C=O) groups is 1. The van der Waals surface area contributed by atoms with Crippen molar-refractivity contribution >= 4 is 5.91 Å². The van der Waals surface area contributed by atoms with Gasteiger partial charge in [0.05, 0.1) is 16.9 Å². The average molecular weight is 325 g/mol. The molecule has 5 heteroatoms. The SMILES string of the molecule is C[C@@](O)(Cc1nc(CCc2cccnc2)ccc1C(N)=O)C1CC1. The number of carbonyl (C=O) groups excluding carboxylic acids is 1. The summed E-state index contributed by atoms with van der Waals surface area (Å²) in [6, 6.07) is 7.51. The molecule has 3 rings (SSSR count). The van der Waals surface area contributed by atoms with Gasteiger partial charge in [-0.2, -0.15) is 0 Å². The van der Waals surface area contributed by atoms with Gasteiger partial charge >= 0.3 is 0 Å². The van der Waals surface area contributed by atoms with Gasteiger partial charge in [-0.15, -0.1) is 0 Å². The molecule has 3 N–H and O–H groups in total. The molecule has 1 atom stereocenters. The van der Waals surface area contributed by atoms with E-state index in [9.17, 15) is 9.90 Å². The molecule has 5 nitrogen and oxygen atoms in total. The van der Waals surface area contributed by atoms with Crippen LogP contribution in [0.5, 0.6) is 0 Å². The van der Waals surface area contributed by atoms with Crippen molar-refractivity contribution < 1.29 is 9.90 Å². The number of aryl methyl sites for hydroxylation is 2. The molecular formula is C19H23N3O2. The molecule has 0 radical (unpaired) electrons. The summed E-state index contributed by atoms with van der Waals surface area (Å²) in [6.45, 7) is 1.82. The Labute approximate surface area is 142 Å². The molecule has 24 heavy (non-hydrogen) atoms. The van der Waals surface area contributed by atoms with E-state index < -0.39 is 11.5 Å². The van der Waals surface area contributed by atoms with Gasteiger partial charge in [0.2, 0.25) is 0 Å². The van der Waals surface area contributed by atoms with Crippen molar-refractivity contribution in [2.75, 3.05) is 0 Å². The van der Waals surface area contributed by atoms with Gasteiger partial charge in [0, 0.05) is 24.5 Å². The summed E-state index contributed by atoms with van der Waals surface area (Å²) in [5, 5.41) is 10.6. The molecule has 0 aliphatic heterocycles. The molecule has 1 amide bonds. The minimum absolute atomic E-state index is 0.291. The second-order valence-corrected chi connectivity index (χ2v) is 6.83. The zero-order chi connectivity index (χ0) is 17.2. The fourth-order valence-corrected chi connectivity index (χ4v) is 3.05. The predicted octanol–water partition coefficient (Wildman–Crippen LogP) is 2.06. The van der Waals surface area contributed by atoms with Gasteiger partial charge in [-0.25, -0.2) is 0 Å². The minimum Gasteiger partial charge on any atom is -0.389 e. The first kappa shape index (κ1) is 16.6. The third kappa shape index (κ3) is 3.97. The number of nitrogens with two attached hydrogens (primary N) is 1. The highest BCUT2D eigenvalue weighted by molar-refractivity contribution is 5.93. The number of primary amides is 1. The van der Waals surface area contributed by atoms with Gasteiger partial charge in [-0.05, 0) is 62.3 Å². The zero-order valence-electron chi connectivity index (χ0n) is 13.9. The molecule has 0 spiro atoms. The summed E-state index contributed by atoms with van der Waals surface area (Å²) in [5.41, 5.74) is 7.68. The van der Waals surface area contributed by atoms with Crippen molar-refractivity contribution in [3.8, 4) is 0 Å². The number of aliphatic hydroxyl groups is 1. The van der Waals surface area contributed by atoms with Crippen molar-refractivity contribution in [3.05, 3.63) is 59.2 Å². The summed E-state index contributed by atoms with van der Waals surface area (Å²) in [6.07, 6.45) is 7.59. The monoisotopic (exact) mass is 325 g/mol. The minimum atomic E-state index is -0.834. The van der Waals surface area contributed by atoms with Crippen LogP contribution in [0, 0.1) is 5.92 Å². The van der Waals surface area contributed by atoms with Gasteiger partial charge in [-0.1, -0.05) is 6.07 Å². The number of hydrogen-bond donors (Lipinski definition) is 2. The zero-order valence-corrected chi connectivity index (χ0v) is 13.9. The molecule has 1 aliphatic carbocycles. The smallest absolute Gasteiger partial charge is 0.250 e. The van der Waals surface area contributed by atoms with Crippen LogP contribution in [0.4, 0.5) is 0 Å². The fourth-order valence-electron chi connectivity index (χ4n) is 3.05. The highest BCUT2D eigenvalue weighted by Gasteiger charge is 2.40. The van der Waals surface area contributed by atoms with Crippen molar-refractivity contribution in [1.82, 2.24) is 9.97 Å². The maximum absolute atomic E-state index is 11.7. The molecule has 1 fully saturated rings. The topological polar surface area (TPSA) is 89.1 Å². The van der Waals surface area contributed by atoms with Crippen molar-refractivity contribution in [1.29, 1.82) is 0 Å². The van der Waals surface area contributed by atoms with Crippen LogP contribution in [0.3, 0.4) is 0 Å². The van der Waals surface area contributed by atoms with E-state index in [-0.39, 0.29) is 0 Å². The van der Waals surface area contributed by atoms with E-state index in [0.717, 1.165) is 36.9 Å². The van der Waals surface area contributed by atoms with Gasteiger partial charge < -0.3 is 10.8 Å². The van der Waals surface area contributed by atoms with E-state index in [1.165, 1.54) is 0 Å². The lowest BCUT2D eigenvalue weighted by atomic mass is 9.92. The third-order valence-corrected chi connectivity index (χ3v) is 4.67. The lowest BCUT2D eigenvalue weighted by molar-refractivity contribution is 0.0360. The first-order valence-corrected chi connectivity index (χ1v) is 8.35. The summed E-state index contributed by atoms with van der Waals surface area (Å²) < 4.78 is 0. The molecule has 1 aliphatic rings. The Balaban J connectivity index is 1.78. The lowest BCUT2D eigenvalue weighted by Gasteiger charge is -2.23. The third-order valence-electron chi connectivity index (χ3n) is 4.67. The number of amides is 1. The van der Waals surface area contributed by atoms with E-state index >= 15 is 0 Å². The van der Waals surface area contributed by atoms with Crippen LogP contribution < -0.4 is 5.73 Å². The van der Waals surface area contributed by atoms with E-state index in [4.69, 9.17) is 5.73 Å². The number of rotatable bonds is 7. The number of aromatic nitrogens is 2. The normalized spacial score (nSPS) is 16.6. The van der Waals surface area contributed by atoms with E-state index in [1.54, 1.807) is 12.3 Å². The summed E-state index contributed by atoms with van der Waals surface area (Å²) in [4.78, 5) is 20.4. The van der Waals surface area contributed by atoms with Crippen molar-refractivity contribution in [2.45, 2.75) is 44.6 Å². The Morgan fingerprint density at radius 2 is 2.12 bits per heavy atom. The molecule has 1 saturated carbocycles.